The second-order valence-electron chi connectivity index (χ2n) is 8.52. The molecule has 1 saturated carbocycles. The van der Waals surface area contributed by atoms with E-state index in [-0.39, 0.29) is 17.9 Å². The van der Waals surface area contributed by atoms with Crippen LogP contribution in [0.5, 0.6) is 0 Å². The summed E-state index contributed by atoms with van der Waals surface area (Å²) in [4.78, 5) is 23.9. The van der Waals surface area contributed by atoms with Gasteiger partial charge in [-0.3, -0.25) is 9.80 Å². The lowest BCUT2D eigenvalue weighted by atomic mass is 9.88. The molecule has 1 aromatic heterocycles. The van der Waals surface area contributed by atoms with Gasteiger partial charge in [0, 0.05) is 37.0 Å². The average Bonchev–Trinajstić information content (AvgIpc) is 2.73. The molecule has 1 aromatic carbocycles. The summed E-state index contributed by atoms with van der Waals surface area (Å²) < 4.78 is 14.8. The van der Waals surface area contributed by atoms with Gasteiger partial charge in [-0.05, 0) is 58.3 Å². The molecule has 0 spiro atoms. The van der Waals surface area contributed by atoms with Crippen LogP contribution in [0.1, 0.15) is 36.8 Å². The summed E-state index contributed by atoms with van der Waals surface area (Å²) in [5.74, 6) is 0.354. The van der Waals surface area contributed by atoms with Crippen molar-refractivity contribution in [3.8, 4) is 0 Å². The van der Waals surface area contributed by atoms with Crippen LogP contribution < -0.4 is 15.1 Å². The number of halogens is 1. The van der Waals surface area contributed by atoms with Gasteiger partial charge in [-0.15, -0.1) is 0 Å². The van der Waals surface area contributed by atoms with Crippen molar-refractivity contribution in [1.29, 1.82) is 0 Å². The third-order valence-electron chi connectivity index (χ3n) is 6.46. The van der Waals surface area contributed by atoms with E-state index in [0.29, 0.717) is 18.3 Å². The van der Waals surface area contributed by atoms with Gasteiger partial charge in [-0.2, -0.15) is 0 Å². The zero-order valence-corrected chi connectivity index (χ0v) is 18.2. The quantitative estimate of drug-likeness (QED) is 0.811. The Bertz CT molecular complexity index is 919. The monoisotopic (exact) mass is 411 g/mol. The van der Waals surface area contributed by atoms with Crippen molar-refractivity contribution >= 4 is 23.2 Å². The second-order valence-corrected chi connectivity index (χ2v) is 8.52. The molecule has 2 heterocycles. The number of rotatable bonds is 4. The molecular formula is C23H30FN5O. The van der Waals surface area contributed by atoms with Crippen LogP contribution in [0.15, 0.2) is 30.5 Å². The fraction of sp³-hybridized carbons (Fsp3) is 0.478. The largest absolute Gasteiger partial charge is 0.373 e. The third-order valence-corrected chi connectivity index (χ3v) is 6.46. The summed E-state index contributed by atoms with van der Waals surface area (Å²) in [6.45, 7) is 2.16. The first-order valence-electron chi connectivity index (χ1n) is 10.6. The molecule has 6 nitrogen and oxygen atoms in total. The number of fused-ring (bicyclic) bond motifs is 1. The number of benzene rings is 1. The van der Waals surface area contributed by atoms with Crippen LogP contribution in [-0.4, -0.2) is 49.1 Å². The van der Waals surface area contributed by atoms with Crippen LogP contribution in [-0.2, 0) is 6.54 Å². The smallest absolute Gasteiger partial charge is 0.329 e. The molecule has 2 aliphatic rings. The van der Waals surface area contributed by atoms with Gasteiger partial charge in [-0.1, -0.05) is 12.1 Å². The van der Waals surface area contributed by atoms with Crippen LogP contribution in [0.3, 0.4) is 0 Å². The Kier molecular flexibility index (Phi) is 5.64. The maximum atomic E-state index is 14.8. The first-order valence-corrected chi connectivity index (χ1v) is 10.6. The van der Waals surface area contributed by atoms with Crippen molar-refractivity contribution < 1.29 is 9.18 Å². The van der Waals surface area contributed by atoms with Crippen LogP contribution in [0, 0.1) is 12.7 Å². The topological polar surface area (TPSA) is 51.7 Å². The van der Waals surface area contributed by atoms with E-state index < -0.39 is 0 Å². The fourth-order valence-electron chi connectivity index (χ4n) is 4.75. The van der Waals surface area contributed by atoms with Crippen LogP contribution in [0.4, 0.5) is 26.4 Å². The van der Waals surface area contributed by atoms with Gasteiger partial charge in [0.15, 0.2) is 0 Å². The third kappa shape index (κ3) is 3.62. The number of hydrogen-bond acceptors (Lipinski definition) is 4. The predicted molar refractivity (Wildman–Crippen MR) is 119 cm³/mol. The molecule has 2 amide bonds. The molecule has 0 bridgehead atoms. The highest BCUT2D eigenvalue weighted by atomic mass is 19.1. The first-order chi connectivity index (χ1) is 14.4. The van der Waals surface area contributed by atoms with Gasteiger partial charge in [0.1, 0.15) is 11.6 Å². The van der Waals surface area contributed by atoms with E-state index in [1.54, 1.807) is 17.2 Å². The molecule has 160 valence electrons. The van der Waals surface area contributed by atoms with E-state index in [0.717, 1.165) is 48.3 Å². The summed E-state index contributed by atoms with van der Waals surface area (Å²) in [6.07, 6.45) is 5.73. The van der Waals surface area contributed by atoms with Crippen LogP contribution >= 0.6 is 0 Å². The van der Waals surface area contributed by atoms with E-state index in [9.17, 15) is 9.18 Å². The van der Waals surface area contributed by atoms with Crippen molar-refractivity contribution in [3.63, 3.8) is 0 Å². The number of aromatic nitrogens is 1. The molecule has 2 aromatic rings. The Hall–Kier alpha value is -2.67. The highest BCUT2D eigenvalue weighted by Gasteiger charge is 2.39. The zero-order valence-electron chi connectivity index (χ0n) is 18.2. The Morgan fingerprint density at radius 3 is 2.57 bits per heavy atom. The molecule has 1 aliphatic carbocycles. The zero-order chi connectivity index (χ0) is 21.4. The number of urea groups is 1. The highest BCUT2D eigenvalue weighted by Crippen LogP contribution is 2.39. The summed E-state index contributed by atoms with van der Waals surface area (Å²) in [5, 5.41) is 3.07. The summed E-state index contributed by atoms with van der Waals surface area (Å²) in [5.41, 5.74) is 2.93. The predicted octanol–water partition coefficient (Wildman–Crippen LogP) is 4.39. The SMILES string of the molecule is CNc1cc2c(cn1)CN(c1c(C)cccc1F)C(=O)N2[C@H]1CC[C@@H](N(C)C)CC1. The van der Waals surface area contributed by atoms with Crippen molar-refractivity contribution in [2.45, 2.75) is 51.2 Å². The Balaban J connectivity index is 1.74. The molecule has 4 rings (SSSR count). The molecule has 0 radical (unpaired) electrons. The molecular weight excluding hydrogens is 381 g/mol. The number of amides is 2. The second kappa shape index (κ2) is 8.22. The van der Waals surface area contributed by atoms with Gasteiger partial charge in [0.2, 0.25) is 0 Å². The first kappa shape index (κ1) is 20.6. The lowest BCUT2D eigenvalue weighted by molar-refractivity contribution is 0.209. The number of carbonyl (C=O) groups is 1. The highest BCUT2D eigenvalue weighted by molar-refractivity contribution is 6.07. The standard InChI is InChI=1S/C23H30FN5O/c1-15-6-5-7-19(24)22(15)28-14-16-13-26-21(25-2)12-20(16)29(23(28)30)18-10-8-17(9-11-18)27(3)4/h5-7,12-13,17-18H,8-11,14H2,1-4H3,(H,25,26)/t17-,18+. The van der Waals surface area contributed by atoms with Crippen molar-refractivity contribution in [2.24, 2.45) is 0 Å². The number of nitrogens with zero attached hydrogens (tertiary/aromatic N) is 4. The molecule has 1 fully saturated rings. The number of pyridine rings is 1. The van der Waals surface area contributed by atoms with E-state index in [1.165, 1.54) is 6.07 Å². The van der Waals surface area contributed by atoms with E-state index in [1.807, 2.05) is 31.0 Å². The Morgan fingerprint density at radius 1 is 1.20 bits per heavy atom. The van der Waals surface area contributed by atoms with Crippen LogP contribution in [0.25, 0.3) is 0 Å². The minimum atomic E-state index is -0.372. The van der Waals surface area contributed by atoms with Gasteiger partial charge in [0.25, 0.3) is 0 Å². The molecule has 1 aliphatic heterocycles. The number of anilines is 3. The minimum Gasteiger partial charge on any atom is -0.373 e. The van der Waals surface area contributed by atoms with Gasteiger partial charge in [0.05, 0.1) is 17.9 Å². The summed E-state index contributed by atoms with van der Waals surface area (Å²) in [6, 6.07) is 7.35. The van der Waals surface area contributed by atoms with Gasteiger partial charge in [-0.25, -0.2) is 14.2 Å². The molecule has 0 atom stereocenters. The minimum absolute atomic E-state index is 0.0921. The lowest BCUT2D eigenvalue weighted by Gasteiger charge is -2.44. The van der Waals surface area contributed by atoms with Gasteiger partial charge >= 0.3 is 6.03 Å². The number of hydrogen-bond donors (Lipinski definition) is 1. The average molecular weight is 412 g/mol. The molecule has 1 N–H and O–H groups in total. The Morgan fingerprint density at radius 2 is 1.93 bits per heavy atom. The maximum absolute atomic E-state index is 14.8. The normalized spacial score (nSPS) is 21.7. The lowest BCUT2D eigenvalue weighted by Crippen LogP contribution is -2.54. The van der Waals surface area contributed by atoms with Crippen molar-refractivity contribution in [1.82, 2.24) is 9.88 Å². The number of para-hydroxylation sites is 1. The van der Waals surface area contributed by atoms with Gasteiger partial charge < -0.3 is 10.2 Å². The molecule has 0 saturated heterocycles. The van der Waals surface area contributed by atoms with Crippen molar-refractivity contribution in [3.05, 3.63) is 47.4 Å². The number of nitrogens with one attached hydrogen (secondary N) is 1. The van der Waals surface area contributed by atoms with E-state index in [2.05, 4.69) is 29.3 Å². The number of carbonyl (C=O) groups excluding carboxylic acids is 1. The molecule has 30 heavy (non-hydrogen) atoms. The van der Waals surface area contributed by atoms with E-state index >= 15 is 0 Å². The van der Waals surface area contributed by atoms with Crippen LogP contribution in [0.2, 0.25) is 0 Å². The molecule has 0 unspecified atom stereocenters. The summed E-state index contributed by atoms with van der Waals surface area (Å²) in [7, 11) is 6.04. The Labute approximate surface area is 177 Å². The molecule has 7 heteroatoms. The number of aryl methyl sites for hydroxylation is 1. The van der Waals surface area contributed by atoms with Crippen molar-refractivity contribution in [2.75, 3.05) is 36.3 Å². The van der Waals surface area contributed by atoms with E-state index in [4.69, 9.17) is 0 Å². The fourth-order valence-corrected chi connectivity index (χ4v) is 4.75. The maximum Gasteiger partial charge on any atom is 0.329 e. The summed E-state index contributed by atoms with van der Waals surface area (Å²) >= 11 is 0.